The van der Waals surface area contributed by atoms with E-state index >= 15 is 0 Å². The number of nitrogens with zero attached hydrogens (tertiary/aromatic N) is 6. The third-order valence-corrected chi connectivity index (χ3v) is 5.55. The highest BCUT2D eigenvalue weighted by Gasteiger charge is 2.16. The molecular weight excluding hydrogens is 412 g/mol. The molecule has 0 saturated heterocycles. The zero-order chi connectivity index (χ0) is 22.6. The van der Waals surface area contributed by atoms with Crippen molar-refractivity contribution in [2.24, 2.45) is 14.1 Å². The second kappa shape index (κ2) is 6.98. The molecule has 3 aromatic carbocycles. The van der Waals surface area contributed by atoms with Gasteiger partial charge in [0.25, 0.3) is 11.4 Å². The number of rotatable bonds is 4. The molecule has 0 radical (unpaired) electrons. The number of hydrogen-bond acceptors (Lipinski definition) is 6. The van der Waals surface area contributed by atoms with Gasteiger partial charge in [-0.05, 0) is 12.1 Å². The zero-order valence-corrected chi connectivity index (χ0v) is 17.1. The summed E-state index contributed by atoms with van der Waals surface area (Å²) in [6.07, 6.45) is 0. The van der Waals surface area contributed by atoms with E-state index < -0.39 is 9.85 Å². The summed E-state index contributed by atoms with van der Waals surface area (Å²) in [6.45, 7) is 0. The topological polar surface area (TPSA) is 122 Å². The second-order valence-corrected chi connectivity index (χ2v) is 7.43. The average Bonchev–Trinajstić information content (AvgIpc) is 3.30. The van der Waals surface area contributed by atoms with Crippen LogP contribution in [0.3, 0.4) is 0 Å². The lowest BCUT2D eigenvalue weighted by Gasteiger charge is -2.06. The van der Waals surface area contributed by atoms with Crippen LogP contribution in [0.4, 0.5) is 11.4 Å². The SMILES string of the molecule is Cn1c(-c2ccc(-c3nc4ccc([N+](=O)[O-])cc4n3C)cc2)nc2ccc([N+](=O)[O-])cc21. The van der Waals surface area contributed by atoms with Crippen LogP contribution < -0.4 is 0 Å². The smallest absolute Gasteiger partial charge is 0.271 e. The molecule has 0 saturated carbocycles. The number of imidazole rings is 2. The van der Waals surface area contributed by atoms with Crippen molar-refractivity contribution in [3.05, 3.63) is 80.9 Å². The number of nitro benzene ring substituents is 2. The van der Waals surface area contributed by atoms with Crippen molar-refractivity contribution in [2.75, 3.05) is 0 Å². The van der Waals surface area contributed by atoms with Crippen LogP contribution in [0.1, 0.15) is 0 Å². The molecule has 158 valence electrons. The molecule has 0 aliphatic carbocycles. The molecule has 0 spiro atoms. The van der Waals surface area contributed by atoms with Gasteiger partial charge in [-0.15, -0.1) is 0 Å². The molecule has 0 amide bonds. The average molecular weight is 428 g/mol. The summed E-state index contributed by atoms with van der Waals surface area (Å²) in [7, 11) is 3.64. The third-order valence-electron chi connectivity index (χ3n) is 5.55. The van der Waals surface area contributed by atoms with Crippen LogP contribution in [0.15, 0.2) is 60.7 Å². The van der Waals surface area contributed by atoms with Crippen molar-refractivity contribution in [2.45, 2.75) is 0 Å². The Morgan fingerprint density at radius 1 is 0.656 bits per heavy atom. The Morgan fingerprint density at radius 2 is 1.03 bits per heavy atom. The fourth-order valence-corrected chi connectivity index (χ4v) is 3.87. The Hall–Kier alpha value is -4.60. The molecule has 5 aromatic rings. The molecule has 0 aliphatic heterocycles. The number of hydrogen-bond donors (Lipinski definition) is 0. The molecule has 10 heteroatoms. The molecule has 0 fully saturated rings. The highest BCUT2D eigenvalue weighted by Crippen LogP contribution is 2.30. The molecule has 10 nitrogen and oxygen atoms in total. The molecule has 2 aromatic heterocycles. The van der Waals surface area contributed by atoms with Crippen LogP contribution in [0.25, 0.3) is 44.8 Å². The highest BCUT2D eigenvalue weighted by molar-refractivity contribution is 5.84. The van der Waals surface area contributed by atoms with Crippen molar-refractivity contribution in [3.8, 4) is 22.8 Å². The van der Waals surface area contributed by atoms with Crippen molar-refractivity contribution in [3.63, 3.8) is 0 Å². The normalized spacial score (nSPS) is 11.3. The molecule has 0 aliphatic rings. The number of aromatic nitrogens is 4. The Morgan fingerprint density at radius 3 is 1.38 bits per heavy atom. The largest absolute Gasteiger partial charge is 0.327 e. The van der Waals surface area contributed by atoms with E-state index in [1.165, 1.54) is 24.3 Å². The molecule has 32 heavy (non-hydrogen) atoms. The van der Waals surface area contributed by atoms with Gasteiger partial charge in [0, 0.05) is 49.5 Å². The molecule has 0 unspecified atom stereocenters. The van der Waals surface area contributed by atoms with Gasteiger partial charge in [0.2, 0.25) is 0 Å². The molecule has 0 bridgehead atoms. The van der Waals surface area contributed by atoms with Crippen LogP contribution in [-0.4, -0.2) is 28.9 Å². The fraction of sp³-hybridized carbons (Fsp3) is 0.0909. The van der Waals surface area contributed by atoms with Gasteiger partial charge in [-0.2, -0.15) is 0 Å². The minimum absolute atomic E-state index is 0.0180. The van der Waals surface area contributed by atoms with E-state index in [9.17, 15) is 20.2 Å². The van der Waals surface area contributed by atoms with E-state index in [2.05, 4.69) is 9.97 Å². The van der Waals surface area contributed by atoms with Crippen LogP contribution >= 0.6 is 0 Å². The Balaban J connectivity index is 1.55. The summed E-state index contributed by atoms with van der Waals surface area (Å²) in [5, 5.41) is 22.2. The lowest BCUT2D eigenvalue weighted by Crippen LogP contribution is -1.95. The van der Waals surface area contributed by atoms with Crippen molar-refractivity contribution < 1.29 is 9.85 Å². The number of benzene rings is 3. The van der Waals surface area contributed by atoms with Crippen LogP contribution in [0.5, 0.6) is 0 Å². The van der Waals surface area contributed by atoms with Crippen molar-refractivity contribution >= 4 is 33.4 Å². The van der Waals surface area contributed by atoms with Gasteiger partial charge in [0.15, 0.2) is 0 Å². The first-order valence-corrected chi connectivity index (χ1v) is 9.66. The van der Waals surface area contributed by atoms with Crippen molar-refractivity contribution in [1.82, 2.24) is 19.1 Å². The first-order chi connectivity index (χ1) is 15.3. The quantitative estimate of drug-likeness (QED) is 0.304. The number of aryl methyl sites for hydroxylation is 2. The van der Waals surface area contributed by atoms with Gasteiger partial charge in [-0.25, -0.2) is 9.97 Å². The molecule has 2 heterocycles. The monoisotopic (exact) mass is 428 g/mol. The van der Waals surface area contributed by atoms with Crippen LogP contribution in [0, 0.1) is 20.2 Å². The van der Waals surface area contributed by atoms with Gasteiger partial charge < -0.3 is 9.13 Å². The van der Waals surface area contributed by atoms with Gasteiger partial charge in [-0.3, -0.25) is 20.2 Å². The van der Waals surface area contributed by atoms with Gasteiger partial charge in [-0.1, -0.05) is 24.3 Å². The van der Waals surface area contributed by atoms with Gasteiger partial charge in [0.1, 0.15) is 11.6 Å². The standard InChI is InChI=1S/C22H16N6O4/c1-25-19-11-15(27(29)30)7-9-17(19)23-21(25)13-3-5-14(6-4-13)22-24-18-10-8-16(28(31)32)12-20(18)26(22)2/h3-12H,1-2H3. The van der Waals surface area contributed by atoms with Gasteiger partial charge in [0.05, 0.1) is 31.9 Å². The minimum atomic E-state index is -0.424. The summed E-state index contributed by atoms with van der Waals surface area (Å²) in [5.74, 6) is 1.38. The zero-order valence-electron chi connectivity index (χ0n) is 17.1. The Labute approximate surface area is 180 Å². The predicted octanol–water partition coefficient (Wildman–Crippen LogP) is 4.61. The van der Waals surface area contributed by atoms with Crippen LogP contribution in [-0.2, 0) is 14.1 Å². The van der Waals surface area contributed by atoms with E-state index in [1.54, 1.807) is 12.1 Å². The predicted molar refractivity (Wildman–Crippen MR) is 119 cm³/mol. The maximum Gasteiger partial charge on any atom is 0.271 e. The molecule has 5 rings (SSSR count). The Bertz CT molecular complexity index is 1430. The van der Waals surface area contributed by atoms with Crippen LogP contribution in [0.2, 0.25) is 0 Å². The highest BCUT2D eigenvalue weighted by atomic mass is 16.6. The summed E-state index contributed by atoms with van der Waals surface area (Å²) in [4.78, 5) is 30.6. The first kappa shape index (κ1) is 19.4. The molecular formula is C22H16N6O4. The summed E-state index contributed by atoms with van der Waals surface area (Å²) in [5.41, 5.74) is 4.44. The first-order valence-electron chi connectivity index (χ1n) is 9.66. The van der Waals surface area contributed by atoms with E-state index in [0.29, 0.717) is 33.7 Å². The molecule has 0 atom stereocenters. The Kier molecular flexibility index (Phi) is 4.22. The van der Waals surface area contributed by atoms with E-state index in [0.717, 1.165) is 11.1 Å². The summed E-state index contributed by atoms with van der Waals surface area (Å²) in [6, 6.07) is 16.8. The maximum absolute atomic E-state index is 11.1. The summed E-state index contributed by atoms with van der Waals surface area (Å²) < 4.78 is 3.65. The van der Waals surface area contributed by atoms with E-state index in [1.807, 2.05) is 47.5 Å². The lowest BCUT2D eigenvalue weighted by atomic mass is 10.1. The minimum Gasteiger partial charge on any atom is -0.327 e. The number of fused-ring (bicyclic) bond motifs is 2. The second-order valence-electron chi connectivity index (χ2n) is 7.43. The molecule has 0 N–H and O–H groups in total. The van der Waals surface area contributed by atoms with E-state index in [4.69, 9.17) is 0 Å². The van der Waals surface area contributed by atoms with Gasteiger partial charge >= 0.3 is 0 Å². The lowest BCUT2D eigenvalue weighted by molar-refractivity contribution is -0.384. The fourth-order valence-electron chi connectivity index (χ4n) is 3.87. The number of non-ortho nitro benzene ring substituents is 2. The van der Waals surface area contributed by atoms with E-state index in [-0.39, 0.29) is 11.4 Å². The van der Waals surface area contributed by atoms with Crippen molar-refractivity contribution in [1.29, 1.82) is 0 Å². The maximum atomic E-state index is 11.1. The number of nitro groups is 2. The summed E-state index contributed by atoms with van der Waals surface area (Å²) >= 11 is 0. The third kappa shape index (κ3) is 2.97.